The molecule has 3 aromatic carbocycles. The third-order valence-electron chi connectivity index (χ3n) is 4.86. The SMILES string of the molecule is COc1cc(C)c(C(C[Se]c2ccccc2)c2ccc(Cl)cc2)c(OC)c1OC. The van der Waals surface area contributed by atoms with Crippen molar-refractivity contribution in [3.05, 3.63) is 82.4 Å². The molecule has 0 N–H and O–H groups in total. The molecule has 0 aromatic heterocycles. The average Bonchev–Trinajstić information content (AvgIpc) is 2.75. The average molecular weight is 476 g/mol. The molecule has 0 amide bonds. The Balaban J connectivity index is 2.11. The minimum atomic E-state index is 0.155. The Kier molecular flexibility index (Phi) is 7.49. The molecule has 29 heavy (non-hydrogen) atoms. The molecule has 1 atom stereocenters. The van der Waals surface area contributed by atoms with Crippen LogP contribution in [-0.2, 0) is 0 Å². The van der Waals surface area contributed by atoms with Crippen LogP contribution in [0.2, 0.25) is 10.3 Å². The number of rotatable bonds is 8. The molecule has 0 saturated heterocycles. The standard InChI is InChI=1S/C24H25ClO3Se/c1-16-14-21(26-2)23(27-3)24(28-4)22(16)20(17-10-12-18(25)13-11-17)15-29-19-8-6-5-7-9-19/h5-14,20H,15H2,1-4H3. The van der Waals surface area contributed by atoms with Crippen LogP contribution in [0.15, 0.2) is 60.7 Å². The molecule has 0 radical (unpaired) electrons. The second kappa shape index (κ2) is 10.1. The van der Waals surface area contributed by atoms with Crippen molar-refractivity contribution in [1.82, 2.24) is 0 Å². The predicted molar refractivity (Wildman–Crippen MR) is 121 cm³/mol. The molecule has 0 heterocycles. The number of benzene rings is 3. The predicted octanol–water partition coefficient (Wildman–Crippen LogP) is 5.25. The van der Waals surface area contributed by atoms with Gasteiger partial charge < -0.3 is 0 Å². The van der Waals surface area contributed by atoms with Crippen molar-refractivity contribution in [2.45, 2.75) is 18.2 Å². The van der Waals surface area contributed by atoms with E-state index in [0.29, 0.717) is 26.5 Å². The first kappa shape index (κ1) is 21.6. The fourth-order valence-corrected chi connectivity index (χ4v) is 5.84. The molecule has 0 aliphatic heterocycles. The summed E-state index contributed by atoms with van der Waals surface area (Å²) in [5, 5.41) is 1.72. The molecule has 152 valence electrons. The van der Waals surface area contributed by atoms with E-state index in [9.17, 15) is 0 Å². The summed E-state index contributed by atoms with van der Waals surface area (Å²) in [6, 6.07) is 20.7. The first-order valence-electron chi connectivity index (χ1n) is 9.31. The normalized spacial score (nSPS) is 11.8. The molecule has 3 aromatic rings. The third-order valence-corrected chi connectivity index (χ3v) is 7.43. The number of hydrogen-bond donors (Lipinski definition) is 0. The Bertz CT molecular complexity index is 943. The van der Waals surface area contributed by atoms with Crippen LogP contribution in [0.5, 0.6) is 17.2 Å². The van der Waals surface area contributed by atoms with Gasteiger partial charge in [0.05, 0.1) is 0 Å². The topological polar surface area (TPSA) is 27.7 Å². The molecule has 3 rings (SSSR count). The van der Waals surface area contributed by atoms with Crippen LogP contribution in [0.1, 0.15) is 22.6 Å². The summed E-state index contributed by atoms with van der Waals surface area (Å²) in [4.78, 5) is 0. The van der Waals surface area contributed by atoms with Crippen molar-refractivity contribution in [3.63, 3.8) is 0 Å². The van der Waals surface area contributed by atoms with Crippen LogP contribution < -0.4 is 18.7 Å². The van der Waals surface area contributed by atoms with E-state index < -0.39 is 0 Å². The molecule has 0 bridgehead atoms. The van der Waals surface area contributed by atoms with E-state index in [4.69, 9.17) is 25.8 Å². The van der Waals surface area contributed by atoms with E-state index in [-0.39, 0.29) is 5.92 Å². The molecule has 5 heteroatoms. The Morgan fingerprint density at radius 3 is 2.10 bits per heavy atom. The second-order valence-electron chi connectivity index (χ2n) is 6.60. The van der Waals surface area contributed by atoms with E-state index >= 15 is 0 Å². The first-order valence-corrected chi connectivity index (χ1v) is 11.8. The monoisotopic (exact) mass is 476 g/mol. The molecule has 0 aliphatic rings. The molecular formula is C24H25ClO3Se. The van der Waals surface area contributed by atoms with Crippen LogP contribution in [0.3, 0.4) is 0 Å². The van der Waals surface area contributed by atoms with Gasteiger partial charge in [-0.1, -0.05) is 0 Å². The molecule has 0 spiro atoms. The Morgan fingerprint density at radius 1 is 0.862 bits per heavy atom. The van der Waals surface area contributed by atoms with Crippen LogP contribution in [0.4, 0.5) is 0 Å². The van der Waals surface area contributed by atoms with Crippen LogP contribution >= 0.6 is 11.6 Å². The molecule has 0 fully saturated rings. The quantitative estimate of drug-likeness (QED) is 0.416. The summed E-state index contributed by atoms with van der Waals surface area (Å²) in [7, 11) is 4.97. The van der Waals surface area contributed by atoms with Crippen LogP contribution in [-0.4, -0.2) is 36.3 Å². The summed E-state index contributed by atoms with van der Waals surface area (Å²) < 4.78 is 18.4. The van der Waals surface area contributed by atoms with Gasteiger partial charge in [0.25, 0.3) is 0 Å². The van der Waals surface area contributed by atoms with Gasteiger partial charge >= 0.3 is 184 Å². The van der Waals surface area contributed by atoms with E-state index in [1.54, 1.807) is 21.3 Å². The third kappa shape index (κ3) is 4.90. The van der Waals surface area contributed by atoms with Crippen molar-refractivity contribution >= 4 is 31.0 Å². The van der Waals surface area contributed by atoms with Gasteiger partial charge in [-0.2, -0.15) is 0 Å². The minimum absolute atomic E-state index is 0.155. The molecular weight excluding hydrogens is 451 g/mol. The zero-order valence-corrected chi connectivity index (χ0v) is 19.5. The van der Waals surface area contributed by atoms with Crippen molar-refractivity contribution in [2.24, 2.45) is 0 Å². The van der Waals surface area contributed by atoms with Crippen molar-refractivity contribution < 1.29 is 14.2 Å². The molecule has 0 saturated carbocycles. The number of methoxy groups -OCH3 is 3. The van der Waals surface area contributed by atoms with Gasteiger partial charge in [0.1, 0.15) is 0 Å². The van der Waals surface area contributed by atoms with Gasteiger partial charge in [-0.05, 0) is 0 Å². The maximum absolute atomic E-state index is 6.16. The Morgan fingerprint density at radius 2 is 1.52 bits per heavy atom. The van der Waals surface area contributed by atoms with Crippen LogP contribution in [0, 0.1) is 6.92 Å². The van der Waals surface area contributed by atoms with Crippen molar-refractivity contribution in [2.75, 3.05) is 21.3 Å². The Hall–Kier alpha value is -2.13. The zero-order chi connectivity index (χ0) is 20.8. The summed E-state index contributed by atoms with van der Waals surface area (Å²) in [6.45, 7) is 2.10. The fraction of sp³-hybridized carbons (Fsp3) is 0.250. The zero-order valence-electron chi connectivity index (χ0n) is 17.1. The molecule has 0 aliphatic carbocycles. The van der Waals surface area contributed by atoms with E-state index in [2.05, 4.69) is 49.4 Å². The van der Waals surface area contributed by atoms with Gasteiger partial charge in [-0.3, -0.25) is 0 Å². The van der Waals surface area contributed by atoms with E-state index in [1.165, 1.54) is 10.0 Å². The molecule has 3 nitrogen and oxygen atoms in total. The van der Waals surface area contributed by atoms with Crippen molar-refractivity contribution in [1.29, 1.82) is 0 Å². The fourth-order valence-electron chi connectivity index (χ4n) is 3.47. The molecule has 1 unspecified atom stereocenters. The van der Waals surface area contributed by atoms with Gasteiger partial charge in [0.2, 0.25) is 0 Å². The van der Waals surface area contributed by atoms with Gasteiger partial charge in [0, 0.05) is 0 Å². The summed E-state index contributed by atoms with van der Waals surface area (Å²) >= 11 is 6.46. The second-order valence-corrected chi connectivity index (χ2v) is 9.33. The summed E-state index contributed by atoms with van der Waals surface area (Å²) in [5.41, 5.74) is 3.45. The van der Waals surface area contributed by atoms with Gasteiger partial charge in [-0.25, -0.2) is 0 Å². The van der Waals surface area contributed by atoms with Crippen molar-refractivity contribution in [3.8, 4) is 17.2 Å². The van der Waals surface area contributed by atoms with Gasteiger partial charge in [0.15, 0.2) is 0 Å². The number of hydrogen-bond acceptors (Lipinski definition) is 3. The summed E-state index contributed by atoms with van der Waals surface area (Å²) in [6.07, 6.45) is 0. The Labute approximate surface area is 184 Å². The van der Waals surface area contributed by atoms with Crippen LogP contribution in [0.25, 0.3) is 0 Å². The summed E-state index contributed by atoms with van der Waals surface area (Å²) in [5.74, 6) is 2.19. The number of halogens is 1. The van der Waals surface area contributed by atoms with Gasteiger partial charge in [-0.15, -0.1) is 0 Å². The maximum atomic E-state index is 6.16. The number of ether oxygens (including phenoxy) is 3. The van der Waals surface area contributed by atoms with E-state index in [1.807, 2.05) is 18.2 Å². The first-order chi connectivity index (χ1) is 14.1. The van der Waals surface area contributed by atoms with E-state index in [0.717, 1.165) is 27.2 Å². The number of aryl methyl sites for hydroxylation is 1.